The Morgan fingerprint density at radius 2 is 2.29 bits per heavy atom. The average Bonchev–Trinajstić information content (AvgIpc) is 2.45. The predicted molar refractivity (Wildman–Crippen MR) is 75.9 cm³/mol. The van der Waals surface area contributed by atoms with E-state index >= 15 is 0 Å². The van der Waals surface area contributed by atoms with E-state index in [1.807, 2.05) is 0 Å². The third kappa shape index (κ3) is 3.51. The van der Waals surface area contributed by atoms with Crippen molar-refractivity contribution in [3.63, 3.8) is 0 Å². The number of hydrogen-bond acceptors (Lipinski definition) is 4. The van der Waals surface area contributed by atoms with Gasteiger partial charge in [0.05, 0.1) is 12.7 Å². The highest BCUT2D eigenvalue weighted by Gasteiger charge is 2.23. The quantitative estimate of drug-likeness (QED) is 0.887. The van der Waals surface area contributed by atoms with Crippen LogP contribution < -0.4 is 15.4 Å². The molecule has 1 saturated heterocycles. The number of carbonyl (C=O) groups is 1. The van der Waals surface area contributed by atoms with E-state index in [2.05, 4.69) is 10.6 Å². The smallest absolute Gasteiger partial charge is 0.254 e. The van der Waals surface area contributed by atoms with E-state index in [9.17, 15) is 9.18 Å². The Balaban J connectivity index is 1.59. The van der Waals surface area contributed by atoms with Gasteiger partial charge in [0, 0.05) is 24.8 Å². The summed E-state index contributed by atoms with van der Waals surface area (Å²) in [5, 5.41) is 5.74. The molecule has 3 rings (SSSR count). The minimum atomic E-state index is -0.535. The Morgan fingerprint density at radius 1 is 1.43 bits per heavy atom. The number of morpholine rings is 1. The zero-order chi connectivity index (χ0) is 14.7. The first-order chi connectivity index (χ1) is 10.2. The number of ether oxygens (including phenoxy) is 2. The SMILES string of the molecule is O=C(Nc1ccc(OC2CCC2)c(F)c1)C1CNCCO1. The number of halogens is 1. The molecule has 1 aromatic rings. The number of anilines is 1. The fourth-order valence-corrected chi connectivity index (χ4v) is 2.30. The molecule has 1 saturated carbocycles. The van der Waals surface area contributed by atoms with Crippen LogP contribution in [0.25, 0.3) is 0 Å². The Kier molecular flexibility index (Phi) is 4.36. The van der Waals surface area contributed by atoms with Gasteiger partial charge in [-0.15, -0.1) is 0 Å². The van der Waals surface area contributed by atoms with Crippen LogP contribution >= 0.6 is 0 Å². The maximum atomic E-state index is 13.9. The van der Waals surface area contributed by atoms with Crippen molar-refractivity contribution in [2.45, 2.75) is 31.5 Å². The van der Waals surface area contributed by atoms with Gasteiger partial charge in [0.1, 0.15) is 6.10 Å². The third-order valence-corrected chi connectivity index (χ3v) is 3.77. The maximum Gasteiger partial charge on any atom is 0.254 e. The summed E-state index contributed by atoms with van der Waals surface area (Å²) in [6.07, 6.45) is 2.68. The van der Waals surface area contributed by atoms with Gasteiger partial charge in [-0.2, -0.15) is 0 Å². The summed E-state index contributed by atoms with van der Waals surface area (Å²) < 4.78 is 24.8. The van der Waals surface area contributed by atoms with Gasteiger partial charge in [-0.3, -0.25) is 4.79 Å². The lowest BCUT2D eigenvalue weighted by Crippen LogP contribution is -2.45. The minimum absolute atomic E-state index is 0.127. The van der Waals surface area contributed by atoms with Crippen molar-refractivity contribution in [1.82, 2.24) is 5.32 Å². The Labute approximate surface area is 122 Å². The van der Waals surface area contributed by atoms with Crippen LogP contribution in [0.3, 0.4) is 0 Å². The summed E-state index contributed by atoms with van der Waals surface area (Å²) in [7, 11) is 0. The molecule has 2 fully saturated rings. The summed E-state index contributed by atoms with van der Waals surface area (Å²) in [5.41, 5.74) is 0.410. The van der Waals surface area contributed by atoms with Crippen molar-refractivity contribution in [2.24, 2.45) is 0 Å². The first kappa shape index (κ1) is 14.3. The highest BCUT2D eigenvalue weighted by atomic mass is 19.1. The minimum Gasteiger partial charge on any atom is -0.487 e. The van der Waals surface area contributed by atoms with Crippen molar-refractivity contribution in [2.75, 3.05) is 25.0 Å². The fourth-order valence-electron chi connectivity index (χ4n) is 2.30. The topological polar surface area (TPSA) is 59.6 Å². The number of rotatable bonds is 4. The molecule has 2 aliphatic rings. The molecular formula is C15H19FN2O3. The van der Waals surface area contributed by atoms with Gasteiger partial charge in [0.2, 0.25) is 0 Å². The number of amides is 1. The summed E-state index contributed by atoms with van der Waals surface area (Å²) >= 11 is 0. The van der Waals surface area contributed by atoms with Gasteiger partial charge >= 0.3 is 0 Å². The number of nitrogens with one attached hydrogen (secondary N) is 2. The van der Waals surface area contributed by atoms with Crippen LogP contribution in [-0.2, 0) is 9.53 Å². The lowest BCUT2D eigenvalue weighted by Gasteiger charge is -2.26. The van der Waals surface area contributed by atoms with E-state index in [4.69, 9.17) is 9.47 Å². The van der Waals surface area contributed by atoms with Crippen molar-refractivity contribution < 1.29 is 18.7 Å². The molecule has 1 aliphatic carbocycles. The lowest BCUT2D eigenvalue weighted by molar-refractivity contribution is -0.128. The van der Waals surface area contributed by atoms with Crippen LogP contribution in [-0.4, -0.2) is 37.8 Å². The van der Waals surface area contributed by atoms with Crippen LogP contribution in [0.5, 0.6) is 5.75 Å². The van der Waals surface area contributed by atoms with E-state index in [1.54, 1.807) is 12.1 Å². The molecule has 0 aromatic heterocycles. The average molecular weight is 294 g/mol. The maximum absolute atomic E-state index is 13.9. The summed E-state index contributed by atoms with van der Waals surface area (Å²) in [5.74, 6) is -0.482. The molecule has 1 aliphatic heterocycles. The van der Waals surface area contributed by atoms with Crippen molar-refractivity contribution in [1.29, 1.82) is 0 Å². The summed E-state index contributed by atoms with van der Waals surface area (Å²) in [6.45, 7) is 1.71. The fraction of sp³-hybridized carbons (Fsp3) is 0.533. The molecule has 1 unspecified atom stereocenters. The third-order valence-electron chi connectivity index (χ3n) is 3.77. The second kappa shape index (κ2) is 6.41. The largest absolute Gasteiger partial charge is 0.487 e. The van der Waals surface area contributed by atoms with Crippen LogP contribution in [0.1, 0.15) is 19.3 Å². The normalized spacial score (nSPS) is 22.4. The van der Waals surface area contributed by atoms with Gasteiger partial charge in [-0.25, -0.2) is 4.39 Å². The van der Waals surface area contributed by atoms with E-state index in [0.717, 1.165) is 25.8 Å². The van der Waals surface area contributed by atoms with E-state index in [-0.39, 0.29) is 17.8 Å². The Hall–Kier alpha value is -1.66. The molecule has 1 heterocycles. The molecule has 0 radical (unpaired) electrons. The van der Waals surface area contributed by atoms with Crippen LogP contribution in [0.2, 0.25) is 0 Å². The van der Waals surface area contributed by atoms with E-state index in [1.165, 1.54) is 6.07 Å². The number of carbonyl (C=O) groups excluding carboxylic acids is 1. The molecule has 0 bridgehead atoms. The standard InChI is InChI=1S/C15H19FN2O3/c16-12-8-10(4-5-13(12)21-11-2-1-3-11)18-15(19)14-9-17-6-7-20-14/h4-5,8,11,14,17H,1-3,6-7,9H2,(H,18,19). The van der Waals surface area contributed by atoms with Gasteiger partial charge in [-0.05, 0) is 31.4 Å². The van der Waals surface area contributed by atoms with Gasteiger partial charge in [0.25, 0.3) is 5.91 Å². The van der Waals surface area contributed by atoms with Crippen molar-refractivity contribution in [3.8, 4) is 5.75 Å². The van der Waals surface area contributed by atoms with Crippen LogP contribution in [0.15, 0.2) is 18.2 Å². The molecule has 21 heavy (non-hydrogen) atoms. The highest BCUT2D eigenvalue weighted by Crippen LogP contribution is 2.28. The zero-order valence-electron chi connectivity index (χ0n) is 11.7. The number of benzene rings is 1. The Morgan fingerprint density at radius 3 is 2.90 bits per heavy atom. The molecule has 2 N–H and O–H groups in total. The van der Waals surface area contributed by atoms with Crippen molar-refractivity contribution in [3.05, 3.63) is 24.0 Å². The summed E-state index contributed by atoms with van der Waals surface area (Å²) in [4.78, 5) is 12.0. The first-order valence-corrected chi connectivity index (χ1v) is 7.32. The second-order valence-electron chi connectivity index (χ2n) is 5.37. The lowest BCUT2D eigenvalue weighted by atomic mass is 9.96. The second-order valence-corrected chi connectivity index (χ2v) is 5.37. The van der Waals surface area contributed by atoms with E-state index in [0.29, 0.717) is 18.8 Å². The van der Waals surface area contributed by atoms with Gasteiger partial charge in [0.15, 0.2) is 11.6 Å². The first-order valence-electron chi connectivity index (χ1n) is 7.32. The summed E-state index contributed by atoms with van der Waals surface area (Å²) in [6, 6.07) is 4.48. The Bertz CT molecular complexity index is 514. The predicted octanol–water partition coefficient (Wildman–Crippen LogP) is 1.68. The van der Waals surface area contributed by atoms with Crippen LogP contribution in [0, 0.1) is 5.82 Å². The van der Waals surface area contributed by atoms with Crippen molar-refractivity contribution >= 4 is 11.6 Å². The molecule has 0 spiro atoms. The van der Waals surface area contributed by atoms with Crippen LogP contribution in [0.4, 0.5) is 10.1 Å². The van der Waals surface area contributed by atoms with Gasteiger partial charge < -0.3 is 20.1 Å². The molecule has 1 aromatic carbocycles. The van der Waals surface area contributed by atoms with E-state index < -0.39 is 11.9 Å². The highest BCUT2D eigenvalue weighted by molar-refractivity contribution is 5.94. The molecule has 6 heteroatoms. The molecule has 114 valence electrons. The molecule has 1 amide bonds. The zero-order valence-corrected chi connectivity index (χ0v) is 11.7. The van der Waals surface area contributed by atoms with Gasteiger partial charge in [-0.1, -0.05) is 0 Å². The molecule has 1 atom stereocenters. The molecule has 5 nitrogen and oxygen atoms in total. The number of hydrogen-bond donors (Lipinski definition) is 2. The molecular weight excluding hydrogens is 275 g/mol. The monoisotopic (exact) mass is 294 g/mol.